The van der Waals surface area contributed by atoms with Crippen LogP contribution in [0.15, 0.2) is 42.7 Å². The number of rotatable bonds is 7. The van der Waals surface area contributed by atoms with Gasteiger partial charge in [-0.2, -0.15) is 5.26 Å². The molecule has 3 aliphatic rings. The zero-order valence-corrected chi connectivity index (χ0v) is 21.7. The maximum atomic E-state index is 13.7. The van der Waals surface area contributed by atoms with Gasteiger partial charge in [-0.05, 0) is 64.1 Å². The normalized spacial score (nSPS) is 25.8. The summed E-state index contributed by atoms with van der Waals surface area (Å²) < 4.78 is 0. The monoisotopic (exact) mass is 501 g/mol. The van der Waals surface area contributed by atoms with E-state index >= 15 is 0 Å². The van der Waals surface area contributed by atoms with Gasteiger partial charge < -0.3 is 15.1 Å². The van der Waals surface area contributed by atoms with Crippen LogP contribution in [0.5, 0.6) is 0 Å². The van der Waals surface area contributed by atoms with E-state index in [9.17, 15) is 9.59 Å². The minimum atomic E-state index is -0.287. The average Bonchev–Trinajstić information content (AvgIpc) is 3.12. The highest BCUT2D eigenvalue weighted by atomic mass is 16.2. The summed E-state index contributed by atoms with van der Waals surface area (Å²) in [5.41, 5.74) is 1.43. The van der Waals surface area contributed by atoms with Crippen molar-refractivity contribution < 1.29 is 9.59 Å². The van der Waals surface area contributed by atoms with Crippen molar-refractivity contribution in [2.75, 3.05) is 39.0 Å². The van der Waals surface area contributed by atoms with Crippen LogP contribution in [0.3, 0.4) is 0 Å². The Bertz CT molecular complexity index is 1160. The molecule has 0 atom stereocenters. The first-order chi connectivity index (χ1) is 17.8. The van der Waals surface area contributed by atoms with Gasteiger partial charge in [-0.3, -0.25) is 9.69 Å². The summed E-state index contributed by atoms with van der Waals surface area (Å²) in [4.78, 5) is 40.5. The molecule has 9 nitrogen and oxygen atoms in total. The highest BCUT2D eigenvalue weighted by Gasteiger charge is 2.55. The summed E-state index contributed by atoms with van der Waals surface area (Å²) in [5, 5.41) is 11.6. The van der Waals surface area contributed by atoms with Crippen LogP contribution in [0.1, 0.15) is 56.3 Å². The van der Waals surface area contributed by atoms with Gasteiger partial charge in [0.1, 0.15) is 12.6 Å². The van der Waals surface area contributed by atoms with Gasteiger partial charge in [0.15, 0.2) is 0 Å². The first-order valence-corrected chi connectivity index (χ1v) is 13.2. The van der Waals surface area contributed by atoms with Crippen molar-refractivity contribution in [1.82, 2.24) is 24.7 Å². The fraction of sp³-hybridized carbons (Fsp3) is 0.536. The zero-order valence-electron chi connectivity index (χ0n) is 21.7. The van der Waals surface area contributed by atoms with Crippen molar-refractivity contribution in [2.45, 2.75) is 56.0 Å². The topological polar surface area (TPSA) is 105 Å². The molecule has 3 fully saturated rings. The van der Waals surface area contributed by atoms with E-state index < -0.39 is 0 Å². The molecule has 2 saturated carbocycles. The smallest absolute Gasteiger partial charge is 0.321 e. The fourth-order valence-corrected chi connectivity index (χ4v) is 6.33. The van der Waals surface area contributed by atoms with Gasteiger partial charge in [-0.25, -0.2) is 14.8 Å². The number of carbonyl (C=O) groups is 2. The zero-order chi connectivity index (χ0) is 26.0. The van der Waals surface area contributed by atoms with E-state index in [0.717, 1.165) is 32.2 Å². The molecule has 9 heteroatoms. The second-order valence-electron chi connectivity index (χ2n) is 11.0. The molecule has 2 heterocycles. The number of benzene rings is 1. The molecule has 1 saturated heterocycles. The molecule has 1 spiro atoms. The highest BCUT2D eigenvalue weighted by molar-refractivity contribution is 5.94. The molecule has 37 heavy (non-hydrogen) atoms. The average molecular weight is 502 g/mol. The predicted molar refractivity (Wildman–Crippen MR) is 139 cm³/mol. The molecule has 5 rings (SSSR count). The summed E-state index contributed by atoms with van der Waals surface area (Å²) in [7, 11) is 4.31. The molecule has 3 amide bonds. The predicted octanol–water partition coefficient (Wildman–Crippen LogP) is 3.59. The maximum absolute atomic E-state index is 13.7. The van der Waals surface area contributed by atoms with Crippen molar-refractivity contribution in [1.29, 1.82) is 5.26 Å². The lowest BCUT2D eigenvalue weighted by atomic mass is 9.68. The Morgan fingerprint density at radius 2 is 1.81 bits per heavy atom. The molecule has 0 radical (unpaired) electrons. The van der Waals surface area contributed by atoms with Crippen molar-refractivity contribution in [2.24, 2.45) is 5.92 Å². The standard InChI is InChI=1S/C28H35N7O2/c1-33(2)28(22-9-4-3-5-10-22)13-11-27(12-14-28)20-34(26(37)35(27)18-21-7-6-8-21)19-25(36)32-23-16-30-24(15-29)31-17-23/h3-5,9-10,16-17,21H,6-8,11-14,18-20H2,1-2H3,(H,32,36)/t27-,28+. The Balaban J connectivity index is 1.33. The summed E-state index contributed by atoms with van der Waals surface area (Å²) in [6, 6.07) is 12.5. The fourth-order valence-electron chi connectivity index (χ4n) is 6.33. The number of aromatic nitrogens is 2. The first-order valence-electron chi connectivity index (χ1n) is 13.2. The number of anilines is 1. The van der Waals surface area contributed by atoms with Gasteiger partial charge >= 0.3 is 6.03 Å². The molecule has 1 aliphatic heterocycles. The molecule has 0 bridgehead atoms. The van der Waals surface area contributed by atoms with Gasteiger partial charge in [-0.15, -0.1) is 0 Å². The lowest BCUT2D eigenvalue weighted by Gasteiger charge is -2.51. The molecule has 1 aromatic heterocycles. The van der Waals surface area contributed by atoms with Crippen LogP contribution in [-0.4, -0.2) is 75.9 Å². The lowest BCUT2D eigenvalue weighted by molar-refractivity contribution is -0.116. The van der Waals surface area contributed by atoms with Gasteiger partial charge in [0.05, 0.1) is 23.6 Å². The van der Waals surface area contributed by atoms with E-state index in [1.807, 2.05) is 6.07 Å². The maximum Gasteiger partial charge on any atom is 0.321 e. The Hall–Kier alpha value is -3.51. The Labute approximate surface area is 218 Å². The van der Waals surface area contributed by atoms with E-state index in [1.165, 1.54) is 37.2 Å². The van der Waals surface area contributed by atoms with Crippen LogP contribution in [0.4, 0.5) is 10.5 Å². The van der Waals surface area contributed by atoms with Gasteiger partial charge in [0.25, 0.3) is 0 Å². The minimum absolute atomic E-state index is 0.0146. The van der Waals surface area contributed by atoms with Crippen LogP contribution in [0, 0.1) is 17.2 Å². The third-order valence-corrected chi connectivity index (χ3v) is 8.77. The molecule has 2 aliphatic carbocycles. The number of urea groups is 1. The second-order valence-corrected chi connectivity index (χ2v) is 11.0. The molecular weight excluding hydrogens is 466 g/mol. The van der Waals surface area contributed by atoms with Crippen LogP contribution < -0.4 is 5.32 Å². The molecule has 0 unspecified atom stereocenters. The molecular formula is C28H35N7O2. The number of nitriles is 1. The molecule has 1 N–H and O–H groups in total. The summed E-state index contributed by atoms with van der Waals surface area (Å²) >= 11 is 0. The Morgan fingerprint density at radius 1 is 1.14 bits per heavy atom. The number of hydrogen-bond acceptors (Lipinski definition) is 6. The number of hydrogen-bond donors (Lipinski definition) is 1. The van der Waals surface area contributed by atoms with E-state index in [0.29, 0.717) is 18.2 Å². The minimum Gasteiger partial charge on any atom is -0.322 e. The van der Waals surface area contributed by atoms with Crippen LogP contribution in [0.25, 0.3) is 0 Å². The van der Waals surface area contributed by atoms with Crippen molar-refractivity contribution >= 4 is 17.6 Å². The van der Waals surface area contributed by atoms with E-state index in [2.05, 4.69) is 69.5 Å². The highest BCUT2D eigenvalue weighted by Crippen LogP contribution is 2.49. The number of nitrogens with one attached hydrogen (secondary N) is 1. The van der Waals surface area contributed by atoms with Crippen LogP contribution in [-0.2, 0) is 10.3 Å². The molecule has 194 valence electrons. The number of nitrogens with zero attached hydrogens (tertiary/aromatic N) is 6. The van der Waals surface area contributed by atoms with Crippen molar-refractivity contribution in [3.8, 4) is 6.07 Å². The molecule has 1 aromatic carbocycles. The second kappa shape index (κ2) is 10.1. The number of carbonyl (C=O) groups excluding carboxylic acids is 2. The lowest BCUT2D eigenvalue weighted by Crippen LogP contribution is -2.56. The Morgan fingerprint density at radius 3 is 2.38 bits per heavy atom. The van der Waals surface area contributed by atoms with Crippen molar-refractivity contribution in [3.05, 3.63) is 54.1 Å². The van der Waals surface area contributed by atoms with Crippen LogP contribution >= 0.6 is 0 Å². The largest absolute Gasteiger partial charge is 0.322 e. The van der Waals surface area contributed by atoms with Crippen molar-refractivity contribution in [3.63, 3.8) is 0 Å². The van der Waals surface area contributed by atoms with Gasteiger partial charge in [0.2, 0.25) is 11.7 Å². The quantitative estimate of drug-likeness (QED) is 0.622. The van der Waals surface area contributed by atoms with Gasteiger partial charge in [-0.1, -0.05) is 36.8 Å². The summed E-state index contributed by atoms with van der Waals surface area (Å²) in [5.74, 6) is 0.313. The third-order valence-electron chi connectivity index (χ3n) is 8.77. The third kappa shape index (κ3) is 4.78. The molecule has 2 aromatic rings. The van der Waals surface area contributed by atoms with E-state index in [4.69, 9.17) is 5.26 Å². The summed E-state index contributed by atoms with van der Waals surface area (Å²) in [6.45, 7) is 1.33. The first kappa shape index (κ1) is 25.2. The van der Waals surface area contributed by atoms with Crippen LogP contribution in [0.2, 0.25) is 0 Å². The summed E-state index contributed by atoms with van der Waals surface area (Å²) in [6.07, 6.45) is 10.1. The van der Waals surface area contributed by atoms with E-state index in [1.54, 1.807) is 4.90 Å². The SMILES string of the molecule is CN(C)[C@]1(c2ccccc2)CC[C@]2(CC1)CN(CC(=O)Nc1cnc(C#N)nc1)C(=O)N2CC1CCC1. The van der Waals surface area contributed by atoms with E-state index in [-0.39, 0.29) is 35.4 Å². The Kier molecular flexibility index (Phi) is 6.86. The number of amides is 3. The van der Waals surface area contributed by atoms with Gasteiger partial charge in [0, 0.05) is 18.6 Å².